The molecule has 98 valence electrons. The summed E-state index contributed by atoms with van der Waals surface area (Å²) in [5.41, 5.74) is 1.54. The van der Waals surface area contributed by atoms with E-state index < -0.39 is 0 Å². The van der Waals surface area contributed by atoms with E-state index in [0.29, 0.717) is 17.2 Å². The molecule has 1 aromatic heterocycles. The van der Waals surface area contributed by atoms with Crippen LogP contribution in [-0.4, -0.2) is 15.0 Å². The van der Waals surface area contributed by atoms with E-state index >= 15 is 0 Å². The van der Waals surface area contributed by atoms with Crippen LogP contribution < -0.4 is 0 Å². The summed E-state index contributed by atoms with van der Waals surface area (Å²) in [7, 11) is 0. The Bertz CT molecular complexity index is 730. The number of hydrogen-bond acceptors (Lipinski definition) is 3. The third-order valence-electron chi connectivity index (χ3n) is 2.74. The van der Waals surface area contributed by atoms with Gasteiger partial charge in [0.25, 0.3) is 0 Å². The SMILES string of the molecule is Fc1ccc(-c2nc(Cl)nc(-c3ccccc3)n2)cc1. The molecule has 0 radical (unpaired) electrons. The van der Waals surface area contributed by atoms with E-state index in [1.165, 1.54) is 12.1 Å². The Morgan fingerprint density at radius 2 is 1.25 bits per heavy atom. The van der Waals surface area contributed by atoms with Gasteiger partial charge in [-0.15, -0.1) is 0 Å². The molecule has 3 rings (SSSR count). The predicted octanol–water partition coefficient (Wildman–Crippen LogP) is 4.00. The second kappa shape index (κ2) is 5.35. The van der Waals surface area contributed by atoms with Crippen molar-refractivity contribution < 1.29 is 4.39 Å². The summed E-state index contributed by atoms with van der Waals surface area (Å²) in [6.07, 6.45) is 0. The average Bonchev–Trinajstić information content (AvgIpc) is 2.48. The number of nitrogens with zero attached hydrogens (tertiary/aromatic N) is 3. The molecule has 1 heterocycles. The molecular formula is C15H9ClFN3. The highest BCUT2D eigenvalue weighted by atomic mass is 35.5. The summed E-state index contributed by atoms with van der Waals surface area (Å²) in [6.45, 7) is 0. The van der Waals surface area contributed by atoms with E-state index in [2.05, 4.69) is 15.0 Å². The maximum absolute atomic E-state index is 12.9. The molecule has 0 aliphatic heterocycles. The Balaban J connectivity index is 2.09. The minimum atomic E-state index is -0.308. The molecule has 5 heteroatoms. The highest BCUT2D eigenvalue weighted by molar-refractivity contribution is 6.28. The quantitative estimate of drug-likeness (QED) is 0.714. The fourth-order valence-corrected chi connectivity index (χ4v) is 1.95. The van der Waals surface area contributed by atoms with E-state index in [9.17, 15) is 4.39 Å². The van der Waals surface area contributed by atoms with Crippen molar-refractivity contribution in [1.29, 1.82) is 0 Å². The molecule has 0 N–H and O–H groups in total. The summed E-state index contributed by atoms with van der Waals surface area (Å²) in [6, 6.07) is 15.4. The summed E-state index contributed by atoms with van der Waals surface area (Å²) in [4.78, 5) is 12.6. The van der Waals surface area contributed by atoms with Gasteiger partial charge >= 0.3 is 0 Å². The van der Waals surface area contributed by atoms with Crippen molar-refractivity contribution in [3.63, 3.8) is 0 Å². The first-order chi connectivity index (χ1) is 9.72. The Labute approximate surface area is 120 Å². The second-order valence-electron chi connectivity index (χ2n) is 4.12. The summed E-state index contributed by atoms with van der Waals surface area (Å²) < 4.78 is 12.9. The molecule has 0 saturated heterocycles. The number of halogens is 2. The van der Waals surface area contributed by atoms with Crippen molar-refractivity contribution in [2.24, 2.45) is 0 Å². The standard InChI is InChI=1S/C15H9ClFN3/c16-15-19-13(10-4-2-1-3-5-10)18-14(20-15)11-6-8-12(17)9-7-11/h1-9H. The second-order valence-corrected chi connectivity index (χ2v) is 4.46. The Hall–Kier alpha value is -2.33. The zero-order chi connectivity index (χ0) is 13.9. The smallest absolute Gasteiger partial charge is 0.208 e. The van der Waals surface area contributed by atoms with Crippen LogP contribution in [0.3, 0.4) is 0 Å². The fourth-order valence-electron chi connectivity index (χ4n) is 1.79. The Morgan fingerprint density at radius 1 is 0.700 bits per heavy atom. The minimum Gasteiger partial charge on any atom is -0.208 e. The van der Waals surface area contributed by atoms with Gasteiger partial charge in [-0.25, -0.2) is 9.37 Å². The largest absolute Gasteiger partial charge is 0.226 e. The first kappa shape index (κ1) is 12.7. The first-order valence-corrected chi connectivity index (χ1v) is 6.33. The van der Waals surface area contributed by atoms with Crippen molar-refractivity contribution in [2.45, 2.75) is 0 Å². The monoisotopic (exact) mass is 285 g/mol. The van der Waals surface area contributed by atoms with E-state index in [4.69, 9.17) is 11.6 Å². The van der Waals surface area contributed by atoms with Crippen LogP contribution in [0.25, 0.3) is 22.8 Å². The lowest BCUT2D eigenvalue weighted by Gasteiger charge is -2.04. The zero-order valence-electron chi connectivity index (χ0n) is 10.3. The van der Waals surface area contributed by atoms with Crippen molar-refractivity contribution in [3.05, 3.63) is 65.7 Å². The number of benzene rings is 2. The van der Waals surface area contributed by atoms with E-state index in [0.717, 1.165) is 5.56 Å². The van der Waals surface area contributed by atoms with Crippen LogP contribution in [0, 0.1) is 5.82 Å². The molecule has 0 amide bonds. The average molecular weight is 286 g/mol. The lowest BCUT2D eigenvalue weighted by molar-refractivity contribution is 0.628. The molecule has 0 atom stereocenters. The molecule has 3 nitrogen and oxygen atoms in total. The third kappa shape index (κ3) is 2.65. The zero-order valence-corrected chi connectivity index (χ0v) is 11.0. The molecule has 0 bridgehead atoms. The Kier molecular flexibility index (Phi) is 3.39. The van der Waals surface area contributed by atoms with Crippen LogP contribution in [0.4, 0.5) is 4.39 Å². The van der Waals surface area contributed by atoms with Gasteiger partial charge in [0, 0.05) is 11.1 Å². The molecule has 20 heavy (non-hydrogen) atoms. The van der Waals surface area contributed by atoms with Crippen molar-refractivity contribution in [1.82, 2.24) is 15.0 Å². The van der Waals surface area contributed by atoms with Gasteiger partial charge in [0.05, 0.1) is 0 Å². The summed E-state index contributed by atoms with van der Waals surface area (Å²) in [5.74, 6) is 0.603. The lowest BCUT2D eigenvalue weighted by Crippen LogP contribution is -1.97. The molecular weight excluding hydrogens is 277 g/mol. The highest BCUT2D eigenvalue weighted by Crippen LogP contribution is 2.21. The molecule has 3 aromatic rings. The van der Waals surface area contributed by atoms with Gasteiger partial charge in [-0.05, 0) is 35.9 Å². The van der Waals surface area contributed by atoms with Gasteiger partial charge in [0.2, 0.25) is 5.28 Å². The summed E-state index contributed by atoms with van der Waals surface area (Å²) >= 11 is 5.94. The van der Waals surface area contributed by atoms with Gasteiger partial charge in [0.1, 0.15) is 5.82 Å². The molecule has 0 aliphatic carbocycles. The van der Waals surface area contributed by atoms with Gasteiger partial charge in [0.15, 0.2) is 11.6 Å². The maximum Gasteiger partial charge on any atom is 0.226 e. The van der Waals surface area contributed by atoms with Crippen LogP contribution in [-0.2, 0) is 0 Å². The topological polar surface area (TPSA) is 38.7 Å². The lowest BCUT2D eigenvalue weighted by atomic mass is 10.2. The highest BCUT2D eigenvalue weighted by Gasteiger charge is 2.09. The van der Waals surface area contributed by atoms with Crippen LogP contribution in [0.1, 0.15) is 0 Å². The van der Waals surface area contributed by atoms with Gasteiger partial charge in [-0.3, -0.25) is 0 Å². The minimum absolute atomic E-state index is 0.109. The van der Waals surface area contributed by atoms with E-state index in [1.54, 1.807) is 12.1 Å². The predicted molar refractivity (Wildman–Crippen MR) is 75.7 cm³/mol. The van der Waals surface area contributed by atoms with Gasteiger partial charge in [-0.2, -0.15) is 9.97 Å². The number of rotatable bonds is 2. The number of hydrogen-bond donors (Lipinski definition) is 0. The van der Waals surface area contributed by atoms with E-state index in [-0.39, 0.29) is 11.1 Å². The van der Waals surface area contributed by atoms with Crippen molar-refractivity contribution >= 4 is 11.6 Å². The van der Waals surface area contributed by atoms with Crippen LogP contribution in [0.2, 0.25) is 5.28 Å². The molecule has 2 aromatic carbocycles. The molecule has 0 spiro atoms. The van der Waals surface area contributed by atoms with E-state index in [1.807, 2.05) is 30.3 Å². The number of aromatic nitrogens is 3. The Morgan fingerprint density at radius 3 is 1.85 bits per heavy atom. The molecule has 0 aliphatic rings. The van der Waals surface area contributed by atoms with Crippen LogP contribution in [0.5, 0.6) is 0 Å². The molecule has 0 unspecified atom stereocenters. The molecule has 0 saturated carbocycles. The fraction of sp³-hybridized carbons (Fsp3) is 0. The van der Waals surface area contributed by atoms with Crippen LogP contribution in [0.15, 0.2) is 54.6 Å². The van der Waals surface area contributed by atoms with Crippen molar-refractivity contribution in [3.8, 4) is 22.8 Å². The third-order valence-corrected chi connectivity index (χ3v) is 2.91. The normalized spacial score (nSPS) is 10.5. The van der Waals surface area contributed by atoms with Gasteiger partial charge in [-0.1, -0.05) is 30.3 Å². The molecule has 0 fully saturated rings. The maximum atomic E-state index is 12.9. The first-order valence-electron chi connectivity index (χ1n) is 5.95. The van der Waals surface area contributed by atoms with Crippen molar-refractivity contribution in [2.75, 3.05) is 0 Å². The van der Waals surface area contributed by atoms with Gasteiger partial charge < -0.3 is 0 Å². The van der Waals surface area contributed by atoms with Crippen LogP contribution >= 0.6 is 11.6 Å². The summed E-state index contributed by atoms with van der Waals surface area (Å²) in [5, 5.41) is 0.109.